The predicted molar refractivity (Wildman–Crippen MR) is 126 cm³/mol. The van der Waals surface area contributed by atoms with Gasteiger partial charge in [-0.2, -0.15) is 0 Å². The second kappa shape index (κ2) is 8.65. The van der Waals surface area contributed by atoms with Gasteiger partial charge in [-0.25, -0.2) is 4.39 Å². The normalized spacial score (nSPS) is 31.7. The summed E-state index contributed by atoms with van der Waals surface area (Å²) in [6.45, 7) is 4.41. The second-order valence-corrected chi connectivity index (χ2v) is 9.65. The van der Waals surface area contributed by atoms with E-state index in [2.05, 4.69) is 37.1 Å². The van der Waals surface area contributed by atoms with Gasteiger partial charge in [-0.3, -0.25) is 9.78 Å². The van der Waals surface area contributed by atoms with Gasteiger partial charge in [0.05, 0.1) is 11.6 Å². The lowest BCUT2D eigenvalue weighted by atomic mass is 9.60. The van der Waals surface area contributed by atoms with E-state index < -0.39 is 0 Å². The fourth-order valence-corrected chi connectivity index (χ4v) is 6.00. The maximum absolute atomic E-state index is 13.5. The monoisotopic (exact) mass is 433 g/mol. The van der Waals surface area contributed by atoms with E-state index >= 15 is 0 Å². The minimum Gasteiger partial charge on any atom is -0.462 e. The van der Waals surface area contributed by atoms with Gasteiger partial charge in [0.1, 0.15) is 11.9 Å². The number of carbonyl (C=O) groups is 1. The van der Waals surface area contributed by atoms with Crippen molar-refractivity contribution in [1.29, 1.82) is 0 Å². The highest BCUT2D eigenvalue weighted by Crippen LogP contribution is 2.52. The zero-order valence-electron chi connectivity index (χ0n) is 18.7. The summed E-state index contributed by atoms with van der Waals surface area (Å²) in [7, 11) is 0. The molecule has 32 heavy (non-hydrogen) atoms. The maximum Gasteiger partial charge on any atom is 0.309 e. The molecule has 6 atom stereocenters. The van der Waals surface area contributed by atoms with Crippen molar-refractivity contribution in [3.05, 3.63) is 71.8 Å². The number of hydrogen-bond acceptors (Lipinski definition) is 3. The van der Waals surface area contributed by atoms with E-state index in [1.165, 1.54) is 17.7 Å². The van der Waals surface area contributed by atoms with Crippen molar-refractivity contribution in [2.75, 3.05) is 0 Å². The molecule has 1 saturated heterocycles. The molecular formula is C28H32FNO2. The number of ether oxygens (including phenoxy) is 1. The van der Waals surface area contributed by atoms with Gasteiger partial charge in [-0.15, -0.1) is 0 Å². The first-order valence-electron chi connectivity index (χ1n) is 11.8. The van der Waals surface area contributed by atoms with E-state index in [0.717, 1.165) is 42.5 Å². The third kappa shape index (κ3) is 3.92. The molecule has 0 bridgehead atoms. The Labute approximate surface area is 190 Å². The Morgan fingerprint density at radius 2 is 2.09 bits per heavy atom. The highest BCUT2D eigenvalue weighted by molar-refractivity contribution is 5.76. The van der Waals surface area contributed by atoms with Crippen molar-refractivity contribution in [1.82, 2.24) is 4.98 Å². The number of hydrogen-bond donors (Lipinski definition) is 0. The second-order valence-electron chi connectivity index (χ2n) is 9.65. The van der Waals surface area contributed by atoms with Gasteiger partial charge in [-0.05, 0) is 67.4 Å². The smallest absolute Gasteiger partial charge is 0.309 e. The molecule has 1 aromatic heterocycles. The topological polar surface area (TPSA) is 39.2 Å². The average Bonchev–Trinajstić information content (AvgIpc) is 3.12. The van der Waals surface area contributed by atoms with Crippen molar-refractivity contribution >= 4 is 12.0 Å². The Kier molecular flexibility index (Phi) is 5.71. The summed E-state index contributed by atoms with van der Waals surface area (Å²) < 4.78 is 19.3. The molecule has 1 aromatic carbocycles. The Morgan fingerprint density at radius 1 is 1.22 bits per heavy atom. The molecule has 168 valence electrons. The first kappa shape index (κ1) is 21.1. The molecule has 2 unspecified atom stereocenters. The molecule has 0 radical (unpaired) electrons. The molecule has 5 rings (SSSR count). The summed E-state index contributed by atoms with van der Waals surface area (Å²) in [5.41, 5.74) is 4.07. The quantitative estimate of drug-likeness (QED) is 0.397. The lowest BCUT2D eigenvalue weighted by molar-refractivity contribution is -0.144. The van der Waals surface area contributed by atoms with Gasteiger partial charge in [0, 0.05) is 25.0 Å². The number of fused-ring (bicyclic) bond motifs is 2. The van der Waals surface area contributed by atoms with Crippen LogP contribution < -0.4 is 0 Å². The lowest BCUT2D eigenvalue weighted by Crippen LogP contribution is -2.38. The molecular weight excluding hydrogens is 401 g/mol. The number of halogens is 1. The molecule has 2 heterocycles. The molecule has 3 aliphatic rings. The first-order chi connectivity index (χ1) is 15.5. The van der Waals surface area contributed by atoms with Crippen LogP contribution in [0.1, 0.15) is 46.7 Å². The number of pyridine rings is 1. The van der Waals surface area contributed by atoms with Crippen LogP contribution in [0.3, 0.4) is 0 Å². The summed E-state index contributed by atoms with van der Waals surface area (Å²) in [5.74, 6) is 1.32. The molecule has 1 saturated carbocycles. The summed E-state index contributed by atoms with van der Waals surface area (Å²) in [6, 6.07) is 10.5. The standard InChI is InChI=1S/C28H30FNO2.H2/c1-3-26-27-24(23-11-7-17(2)13-20(23)15-25(27)28(31)32-26)12-10-22-9-8-19(16-30-22)18-5-4-6-21(29)14-18;/h4-6,8-12,14,16-17,20,24-27H,3,7,13,15H2,1-2H3;1H/b12-10+;/t17-,20+,24+,25-,26?,27?;/m1./s1. The molecule has 2 aromatic rings. The van der Waals surface area contributed by atoms with Crippen molar-refractivity contribution < 1.29 is 15.3 Å². The summed E-state index contributed by atoms with van der Waals surface area (Å²) in [6.07, 6.45) is 12.6. The number of aromatic nitrogens is 1. The highest BCUT2D eigenvalue weighted by atomic mass is 19.1. The number of rotatable bonds is 4. The van der Waals surface area contributed by atoms with E-state index in [1.54, 1.807) is 12.3 Å². The number of nitrogens with zero attached hydrogens (tertiary/aromatic N) is 1. The first-order valence-corrected chi connectivity index (χ1v) is 11.8. The van der Waals surface area contributed by atoms with Gasteiger partial charge in [0.25, 0.3) is 0 Å². The number of benzene rings is 1. The van der Waals surface area contributed by atoms with Gasteiger partial charge in [-0.1, -0.05) is 49.8 Å². The zero-order chi connectivity index (χ0) is 22.2. The minimum atomic E-state index is -0.248. The van der Waals surface area contributed by atoms with Crippen molar-refractivity contribution in [2.45, 2.75) is 45.6 Å². The maximum atomic E-state index is 13.5. The van der Waals surface area contributed by atoms with Crippen molar-refractivity contribution in [2.24, 2.45) is 29.6 Å². The Bertz CT molecular complexity index is 1060. The number of cyclic esters (lactones) is 1. The number of allylic oxidation sites excluding steroid dienone is 3. The van der Waals surface area contributed by atoms with Crippen LogP contribution in [0.4, 0.5) is 4.39 Å². The van der Waals surface area contributed by atoms with Crippen LogP contribution in [0.2, 0.25) is 0 Å². The van der Waals surface area contributed by atoms with Crippen LogP contribution in [0.15, 0.2) is 60.3 Å². The van der Waals surface area contributed by atoms with Crippen LogP contribution in [0.5, 0.6) is 0 Å². The van der Waals surface area contributed by atoms with Gasteiger partial charge in [0.15, 0.2) is 0 Å². The van der Waals surface area contributed by atoms with E-state index in [4.69, 9.17) is 4.74 Å². The third-order valence-corrected chi connectivity index (χ3v) is 7.54. The predicted octanol–water partition coefficient (Wildman–Crippen LogP) is 6.71. The fourth-order valence-electron chi connectivity index (χ4n) is 6.00. The average molecular weight is 434 g/mol. The minimum absolute atomic E-state index is 0. The molecule has 2 aliphatic carbocycles. The van der Waals surface area contributed by atoms with Gasteiger partial charge < -0.3 is 4.74 Å². The zero-order valence-corrected chi connectivity index (χ0v) is 18.7. The van der Waals surface area contributed by atoms with Crippen LogP contribution in [-0.2, 0) is 9.53 Å². The van der Waals surface area contributed by atoms with E-state index in [1.807, 2.05) is 18.2 Å². The van der Waals surface area contributed by atoms with Crippen molar-refractivity contribution in [3.63, 3.8) is 0 Å². The third-order valence-electron chi connectivity index (χ3n) is 7.54. The summed E-state index contributed by atoms with van der Waals surface area (Å²) in [5, 5.41) is 0. The Balaban J connectivity index is 0.00000259. The molecule has 3 nitrogen and oxygen atoms in total. The number of carbonyl (C=O) groups excluding carboxylic acids is 1. The molecule has 2 fully saturated rings. The molecule has 0 N–H and O–H groups in total. The van der Waals surface area contributed by atoms with Crippen LogP contribution in [0, 0.1) is 35.4 Å². The van der Waals surface area contributed by atoms with E-state index in [-0.39, 0.29) is 37.1 Å². The Morgan fingerprint density at radius 3 is 2.84 bits per heavy atom. The summed E-state index contributed by atoms with van der Waals surface area (Å²) in [4.78, 5) is 17.2. The van der Waals surface area contributed by atoms with E-state index in [9.17, 15) is 9.18 Å². The molecule has 1 aliphatic heterocycles. The fraction of sp³-hybridized carbons (Fsp3) is 0.429. The SMILES string of the molecule is CCC1OC(=O)[C@@H]2C[C@@H]3C[C@H](C)CC=C3[C@H](/C=C/c3ccc(-c4cccc(F)c4)cn3)C12.[HH]. The number of esters is 1. The van der Waals surface area contributed by atoms with Gasteiger partial charge in [0.2, 0.25) is 0 Å². The van der Waals surface area contributed by atoms with Crippen LogP contribution in [-0.4, -0.2) is 17.1 Å². The summed E-state index contributed by atoms with van der Waals surface area (Å²) >= 11 is 0. The lowest BCUT2D eigenvalue weighted by Gasteiger charge is -2.42. The highest BCUT2D eigenvalue weighted by Gasteiger charge is 2.52. The molecule has 4 heteroatoms. The van der Waals surface area contributed by atoms with E-state index in [0.29, 0.717) is 11.8 Å². The van der Waals surface area contributed by atoms with Crippen LogP contribution >= 0.6 is 0 Å². The Hall–Kier alpha value is -2.75. The van der Waals surface area contributed by atoms with Gasteiger partial charge >= 0.3 is 5.97 Å². The largest absolute Gasteiger partial charge is 0.462 e. The van der Waals surface area contributed by atoms with Crippen molar-refractivity contribution in [3.8, 4) is 11.1 Å². The van der Waals surface area contributed by atoms with Crippen LogP contribution in [0.25, 0.3) is 17.2 Å². The molecule has 0 spiro atoms. The molecule has 0 amide bonds.